The third-order valence-corrected chi connectivity index (χ3v) is 4.78. The van der Waals surface area contributed by atoms with E-state index in [0.717, 1.165) is 17.0 Å². The van der Waals surface area contributed by atoms with Gasteiger partial charge in [0, 0.05) is 4.88 Å². The number of halogens is 3. The molecule has 0 N–H and O–H groups in total. The second-order valence-corrected chi connectivity index (χ2v) is 6.39. The van der Waals surface area contributed by atoms with Crippen molar-refractivity contribution >= 4 is 44.5 Å². The number of benzene rings is 1. The zero-order valence-electron chi connectivity index (χ0n) is 10.9. The highest BCUT2D eigenvalue weighted by atomic mass is 32.1. The van der Waals surface area contributed by atoms with Crippen LogP contribution in [0.3, 0.4) is 0 Å². The summed E-state index contributed by atoms with van der Waals surface area (Å²) in [5.41, 5.74) is -0.142. The topological polar surface area (TPSA) is 36.7 Å². The minimum Gasteiger partial charge on any atom is -0.235 e. The Balaban J connectivity index is 2.07. The average molecular weight is 336 g/mol. The molecular formula is C15H7F3N2S2. The Morgan fingerprint density at radius 2 is 2.09 bits per heavy atom. The number of rotatable bonds is 2. The molecule has 2 aromatic heterocycles. The quantitative estimate of drug-likeness (QED) is 0.584. The van der Waals surface area contributed by atoms with Gasteiger partial charge >= 0.3 is 6.18 Å². The van der Waals surface area contributed by atoms with Crippen LogP contribution >= 0.6 is 22.7 Å². The molecule has 1 aromatic carbocycles. The molecule has 0 aliphatic carbocycles. The molecule has 110 valence electrons. The van der Waals surface area contributed by atoms with Gasteiger partial charge in [0.05, 0.1) is 21.4 Å². The van der Waals surface area contributed by atoms with Crippen molar-refractivity contribution in [1.29, 1.82) is 5.26 Å². The highest BCUT2D eigenvalue weighted by Crippen LogP contribution is 2.34. The van der Waals surface area contributed by atoms with Crippen molar-refractivity contribution in [3.63, 3.8) is 0 Å². The zero-order valence-corrected chi connectivity index (χ0v) is 12.5. The van der Waals surface area contributed by atoms with Crippen molar-refractivity contribution in [2.24, 2.45) is 0 Å². The molecular weight excluding hydrogens is 329 g/mol. The average Bonchev–Trinajstić information content (AvgIpc) is 3.11. The molecule has 0 aliphatic heterocycles. The van der Waals surface area contributed by atoms with Gasteiger partial charge in [-0.1, -0.05) is 6.07 Å². The predicted molar refractivity (Wildman–Crippen MR) is 82.4 cm³/mol. The molecule has 0 spiro atoms. The highest BCUT2D eigenvalue weighted by molar-refractivity contribution is 7.19. The molecule has 0 unspecified atom stereocenters. The number of nitrogens with zero attached hydrogens (tertiary/aromatic N) is 2. The molecule has 0 saturated heterocycles. The summed E-state index contributed by atoms with van der Waals surface area (Å²) in [5.74, 6) is 0. The fourth-order valence-corrected chi connectivity index (χ4v) is 3.45. The van der Waals surface area contributed by atoms with Crippen LogP contribution in [0, 0.1) is 11.3 Å². The van der Waals surface area contributed by atoms with Gasteiger partial charge in [-0.3, -0.25) is 0 Å². The third kappa shape index (κ3) is 2.89. The summed E-state index contributed by atoms with van der Waals surface area (Å²) in [7, 11) is 0. The number of thiophene rings is 1. The lowest BCUT2D eigenvalue weighted by Crippen LogP contribution is -2.03. The largest absolute Gasteiger partial charge is 0.416 e. The number of alkyl halides is 3. The fourth-order valence-electron chi connectivity index (χ4n) is 1.88. The maximum Gasteiger partial charge on any atom is 0.416 e. The lowest BCUT2D eigenvalue weighted by atomic mass is 10.2. The first kappa shape index (κ1) is 14.8. The van der Waals surface area contributed by atoms with E-state index in [1.807, 2.05) is 17.5 Å². The van der Waals surface area contributed by atoms with E-state index < -0.39 is 11.7 Å². The molecule has 3 rings (SSSR count). The summed E-state index contributed by atoms with van der Waals surface area (Å²) >= 11 is 2.68. The number of hydrogen-bond acceptors (Lipinski definition) is 4. The predicted octanol–water partition coefficient (Wildman–Crippen LogP) is 5.44. The molecule has 0 amide bonds. The Labute approximate surface area is 131 Å². The van der Waals surface area contributed by atoms with Gasteiger partial charge in [0.25, 0.3) is 0 Å². The zero-order chi connectivity index (χ0) is 15.7. The maximum atomic E-state index is 12.7. The van der Waals surface area contributed by atoms with Crippen molar-refractivity contribution in [2.45, 2.75) is 6.18 Å². The monoisotopic (exact) mass is 336 g/mol. The normalized spacial score (nSPS) is 12.5. The van der Waals surface area contributed by atoms with E-state index in [4.69, 9.17) is 0 Å². The van der Waals surface area contributed by atoms with Crippen LogP contribution in [0.5, 0.6) is 0 Å². The molecule has 2 nitrogen and oxygen atoms in total. The van der Waals surface area contributed by atoms with Crippen LogP contribution in [0.4, 0.5) is 13.2 Å². The van der Waals surface area contributed by atoms with E-state index >= 15 is 0 Å². The van der Waals surface area contributed by atoms with Gasteiger partial charge in [-0.25, -0.2) is 4.98 Å². The minimum atomic E-state index is -4.40. The van der Waals surface area contributed by atoms with E-state index in [1.165, 1.54) is 28.7 Å². The van der Waals surface area contributed by atoms with E-state index in [9.17, 15) is 18.4 Å². The van der Waals surface area contributed by atoms with Crippen LogP contribution < -0.4 is 0 Å². The first-order valence-electron chi connectivity index (χ1n) is 6.11. The molecule has 0 bridgehead atoms. The van der Waals surface area contributed by atoms with Crippen molar-refractivity contribution in [2.75, 3.05) is 0 Å². The van der Waals surface area contributed by atoms with Crippen molar-refractivity contribution in [1.82, 2.24) is 4.98 Å². The summed E-state index contributed by atoms with van der Waals surface area (Å²) in [4.78, 5) is 5.07. The van der Waals surface area contributed by atoms with Gasteiger partial charge in [-0.05, 0) is 35.7 Å². The number of aromatic nitrogens is 1. The fraction of sp³-hybridized carbons (Fsp3) is 0.0667. The second kappa shape index (κ2) is 5.55. The smallest absolute Gasteiger partial charge is 0.235 e. The summed E-state index contributed by atoms with van der Waals surface area (Å²) in [6, 6.07) is 9.20. The van der Waals surface area contributed by atoms with Crippen molar-refractivity contribution < 1.29 is 13.2 Å². The second-order valence-electron chi connectivity index (χ2n) is 4.38. The molecule has 22 heavy (non-hydrogen) atoms. The summed E-state index contributed by atoms with van der Waals surface area (Å²) in [6.45, 7) is 0. The Morgan fingerprint density at radius 3 is 2.73 bits per heavy atom. The van der Waals surface area contributed by atoms with Gasteiger partial charge in [-0.15, -0.1) is 22.7 Å². The van der Waals surface area contributed by atoms with Crippen molar-refractivity contribution in [3.8, 4) is 6.07 Å². The van der Waals surface area contributed by atoms with Crippen LogP contribution in [0.1, 0.15) is 15.4 Å². The van der Waals surface area contributed by atoms with E-state index in [-0.39, 0.29) is 5.52 Å². The SMILES string of the molecule is N#C/C(=C/c1cccs1)c1nc2cc(C(F)(F)F)ccc2s1. The van der Waals surface area contributed by atoms with Crippen LogP contribution in [-0.4, -0.2) is 4.98 Å². The van der Waals surface area contributed by atoms with Gasteiger partial charge in [0.2, 0.25) is 0 Å². The summed E-state index contributed by atoms with van der Waals surface area (Å²) in [5, 5.41) is 11.6. The first-order chi connectivity index (χ1) is 10.5. The number of fused-ring (bicyclic) bond motifs is 1. The standard InChI is InChI=1S/C15H7F3N2S2/c16-15(17,18)10-3-4-13-12(7-10)20-14(22-13)9(8-19)6-11-2-1-5-21-11/h1-7H/b9-6-. The van der Waals surface area contributed by atoms with Crippen LogP contribution in [0.15, 0.2) is 35.7 Å². The molecule has 7 heteroatoms. The van der Waals surface area contributed by atoms with Gasteiger partial charge in [0.1, 0.15) is 11.1 Å². The van der Waals surface area contributed by atoms with E-state index in [0.29, 0.717) is 15.3 Å². The van der Waals surface area contributed by atoms with Gasteiger partial charge in [-0.2, -0.15) is 18.4 Å². The maximum absolute atomic E-state index is 12.7. The lowest BCUT2D eigenvalue weighted by molar-refractivity contribution is -0.137. The summed E-state index contributed by atoms with van der Waals surface area (Å²) in [6.07, 6.45) is -2.71. The number of allylic oxidation sites excluding steroid dienone is 1. The Morgan fingerprint density at radius 1 is 1.27 bits per heavy atom. The van der Waals surface area contributed by atoms with Gasteiger partial charge in [0.15, 0.2) is 0 Å². The molecule has 0 aliphatic rings. The lowest BCUT2D eigenvalue weighted by Gasteiger charge is -2.04. The van der Waals surface area contributed by atoms with Gasteiger partial charge < -0.3 is 0 Å². The van der Waals surface area contributed by atoms with Crippen LogP contribution in [0.25, 0.3) is 21.9 Å². The first-order valence-corrected chi connectivity index (χ1v) is 7.80. The van der Waals surface area contributed by atoms with E-state index in [1.54, 1.807) is 6.08 Å². The molecule has 0 radical (unpaired) electrons. The third-order valence-electron chi connectivity index (χ3n) is 2.90. The van der Waals surface area contributed by atoms with Crippen LogP contribution in [0.2, 0.25) is 0 Å². The summed E-state index contributed by atoms with van der Waals surface area (Å²) < 4.78 is 38.8. The van der Waals surface area contributed by atoms with Crippen LogP contribution in [-0.2, 0) is 6.18 Å². The van der Waals surface area contributed by atoms with Crippen molar-refractivity contribution in [3.05, 3.63) is 51.2 Å². The molecule has 0 atom stereocenters. The minimum absolute atomic E-state index is 0.252. The Bertz CT molecular complexity index is 884. The molecule has 0 saturated carbocycles. The Hall–Kier alpha value is -2.17. The molecule has 3 aromatic rings. The number of hydrogen-bond donors (Lipinski definition) is 0. The number of nitriles is 1. The van der Waals surface area contributed by atoms with E-state index in [2.05, 4.69) is 11.1 Å². The molecule has 2 heterocycles. The molecule has 0 fully saturated rings. The number of thiazole rings is 1. The Kier molecular flexibility index (Phi) is 3.72. The highest BCUT2D eigenvalue weighted by Gasteiger charge is 2.30.